The molecule has 0 spiro atoms. The third kappa shape index (κ3) is 4.19. The van der Waals surface area contributed by atoms with Crippen molar-refractivity contribution in [1.29, 1.82) is 0 Å². The summed E-state index contributed by atoms with van der Waals surface area (Å²) in [5, 5.41) is 0. The highest BCUT2D eigenvalue weighted by Gasteiger charge is 2.51. The zero-order chi connectivity index (χ0) is 20.7. The first-order valence-electron chi connectivity index (χ1n) is 8.94. The topological polar surface area (TPSA) is 71.1 Å². The first-order valence-corrected chi connectivity index (χ1v) is 10.8. The van der Waals surface area contributed by atoms with Gasteiger partial charge in [0.2, 0.25) is 0 Å². The summed E-state index contributed by atoms with van der Waals surface area (Å²) in [5.74, 6) is 1.66. The van der Waals surface area contributed by atoms with E-state index in [2.05, 4.69) is 0 Å². The van der Waals surface area contributed by atoms with Gasteiger partial charge in [0.25, 0.3) is 0 Å². The summed E-state index contributed by atoms with van der Waals surface area (Å²) in [6, 6.07) is 11.7. The van der Waals surface area contributed by atoms with Gasteiger partial charge in [0, 0.05) is 12.3 Å². The molecule has 0 atom stereocenters. The van der Waals surface area contributed by atoms with Crippen molar-refractivity contribution in [2.45, 2.75) is 43.8 Å². The number of benzene rings is 2. The molecule has 8 heteroatoms. The van der Waals surface area contributed by atoms with E-state index in [1.54, 1.807) is 25.3 Å². The van der Waals surface area contributed by atoms with Crippen LogP contribution in [0.2, 0.25) is 0 Å². The normalized spacial score (nSPS) is 18.1. The molecule has 1 fully saturated rings. The molecule has 0 bridgehead atoms. The minimum absolute atomic E-state index is 0.239. The van der Waals surface area contributed by atoms with Gasteiger partial charge in [-0.2, -0.15) is 0 Å². The zero-order valence-electron chi connectivity index (χ0n) is 17.0. The molecule has 2 aromatic rings. The lowest BCUT2D eigenvalue weighted by molar-refractivity contribution is 0.00578. The standard InChI is InChI=1S/C20H25BO6S/c1-19(2)20(3,4)27-21(26-19)14-11-16(24-5)13-17(12-14)25-15-7-9-18(10-8-15)28(6,22)23/h7-13H,1-6H3. The van der Waals surface area contributed by atoms with Gasteiger partial charge < -0.3 is 18.8 Å². The van der Waals surface area contributed by atoms with Crippen molar-refractivity contribution in [3.63, 3.8) is 0 Å². The fourth-order valence-electron chi connectivity index (χ4n) is 2.78. The molecule has 0 aliphatic carbocycles. The van der Waals surface area contributed by atoms with Gasteiger partial charge in [0.1, 0.15) is 17.2 Å². The summed E-state index contributed by atoms with van der Waals surface area (Å²) < 4.78 is 46.7. The monoisotopic (exact) mass is 404 g/mol. The molecule has 1 aliphatic heterocycles. The maximum Gasteiger partial charge on any atom is 0.495 e. The van der Waals surface area contributed by atoms with E-state index in [0.717, 1.165) is 5.46 Å². The molecule has 150 valence electrons. The Morgan fingerprint density at radius 2 is 1.39 bits per heavy atom. The Bertz CT molecular complexity index is 951. The van der Waals surface area contributed by atoms with Crippen LogP contribution in [-0.2, 0) is 19.1 Å². The lowest BCUT2D eigenvalue weighted by atomic mass is 9.79. The highest BCUT2D eigenvalue weighted by Crippen LogP contribution is 2.37. The summed E-state index contributed by atoms with van der Waals surface area (Å²) >= 11 is 0. The van der Waals surface area contributed by atoms with Gasteiger partial charge in [-0.25, -0.2) is 8.42 Å². The van der Waals surface area contributed by atoms with Crippen LogP contribution in [0.15, 0.2) is 47.4 Å². The number of ether oxygens (including phenoxy) is 2. The number of hydrogen-bond acceptors (Lipinski definition) is 6. The maximum absolute atomic E-state index is 11.6. The highest BCUT2D eigenvalue weighted by molar-refractivity contribution is 7.90. The van der Waals surface area contributed by atoms with Crippen LogP contribution in [0.3, 0.4) is 0 Å². The average molecular weight is 404 g/mol. The van der Waals surface area contributed by atoms with Crippen molar-refractivity contribution in [3.8, 4) is 17.2 Å². The van der Waals surface area contributed by atoms with Crippen LogP contribution >= 0.6 is 0 Å². The Morgan fingerprint density at radius 3 is 1.89 bits per heavy atom. The van der Waals surface area contributed by atoms with E-state index in [1.165, 1.54) is 18.4 Å². The van der Waals surface area contributed by atoms with Gasteiger partial charge in [-0.1, -0.05) is 0 Å². The van der Waals surface area contributed by atoms with Crippen LogP contribution in [0.5, 0.6) is 17.2 Å². The molecule has 3 rings (SSSR count). The summed E-state index contributed by atoms with van der Waals surface area (Å²) in [5.41, 5.74) is -0.132. The van der Waals surface area contributed by atoms with Crippen LogP contribution < -0.4 is 14.9 Å². The van der Waals surface area contributed by atoms with Crippen molar-refractivity contribution in [1.82, 2.24) is 0 Å². The minimum atomic E-state index is -3.25. The molecule has 0 aromatic heterocycles. The fraction of sp³-hybridized carbons (Fsp3) is 0.400. The SMILES string of the molecule is COc1cc(Oc2ccc(S(C)(=O)=O)cc2)cc(B2OC(C)(C)C(C)(C)O2)c1. The molecule has 0 saturated carbocycles. The Hall–Kier alpha value is -2.03. The molecule has 0 unspecified atom stereocenters. The van der Waals surface area contributed by atoms with Crippen molar-refractivity contribution in [2.75, 3.05) is 13.4 Å². The smallest absolute Gasteiger partial charge is 0.495 e. The second-order valence-electron chi connectivity index (χ2n) is 7.88. The summed E-state index contributed by atoms with van der Waals surface area (Å²) in [4.78, 5) is 0.239. The molecule has 6 nitrogen and oxygen atoms in total. The van der Waals surface area contributed by atoms with Gasteiger partial charge in [0.15, 0.2) is 9.84 Å². The molecule has 1 heterocycles. The molecule has 1 aliphatic rings. The Balaban J connectivity index is 1.88. The Morgan fingerprint density at radius 1 is 0.857 bits per heavy atom. The third-order valence-electron chi connectivity index (χ3n) is 5.15. The predicted octanol–water partition coefficient (Wildman–Crippen LogP) is 3.19. The number of methoxy groups -OCH3 is 1. The van der Waals surface area contributed by atoms with Crippen molar-refractivity contribution < 1.29 is 27.2 Å². The second-order valence-corrected chi connectivity index (χ2v) is 9.89. The van der Waals surface area contributed by atoms with Crippen molar-refractivity contribution >= 4 is 22.4 Å². The zero-order valence-corrected chi connectivity index (χ0v) is 17.8. The van der Waals surface area contributed by atoms with E-state index in [-0.39, 0.29) is 4.90 Å². The minimum Gasteiger partial charge on any atom is -0.497 e. The molecular weight excluding hydrogens is 379 g/mol. The molecule has 0 N–H and O–H groups in total. The van der Waals surface area contributed by atoms with Crippen LogP contribution in [0.25, 0.3) is 0 Å². The third-order valence-corrected chi connectivity index (χ3v) is 6.28. The molecule has 0 radical (unpaired) electrons. The van der Waals surface area contributed by atoms with Crippen LogP contribution in [0, 0.1) is 0 Å². The summed E-state index contributed by atoms with van der Waals surface area (Å²) in [6.45, 7) is 7.98. The molecule has 0 amide bonds. The lowest BCUT2D eigenvalue weighted by Gasteiger charge is -2.32. The van der Waals surface area contributed by atoms with Gasteiger partial charge in [-0.3, -0.25) is 0 Å². The largest absolute Gasteiger partial charge is 0.497 e. The van der Waals surface area contributed by atoms with Crippen LogP contribution in [0.4, 0.5) is 0 Å². The van der Waals surface area contributed by atoms with E-state index in [4.69, 9.17) is 18.8 Å². The van der Waals surface area contributed by atoms with E-state index in [9.17, 15) is 8.42 Å². The highest BCUT2D eigenvalue weighted by atomic mass is 32.2. The van der Waals surface area contributed by atoms with E-state index >= 15 is 0 Å². The van der Waals surface area contributed by atoms with Crippen LogP contribution in [-0.4, -0.2) is 40.1 Å². The first kappa shape index (κ1) is 20.7. The molecule has 1 saturated heterocycles. The van der Waals surface area contributed by atoms with E-state index < -0.39 is 28.2 Å². The van der Waals surface area contributed by atoms with E-state index in [0.29, 0.717) is 17.2 Å². The molecular formula is C20H25BO6S. The number of sulfone groups is 1. The molecule has 28 heavy (non-hydrogen) atoms. The van der Waals surface area contributed by atoms with Crippen molar-refractivity contribution in [3.05, 3.63) is 42.5 Å². The fourth-order valence-corrected chi connectivity index (χ4v) is 3.41. The predicted molar refractivity (Wildman–Crippen MR) is 108 cm³/mol. The van der Waals surface area contributed by atoms with Gasteiger partial charge in [-0.15, -0.1) is 0 Å². The Labute approximate surface area is 166 Å². The number of hydrogen-bond donors (Lipinski definition) is 0. The number of rotatable bonds is 5. The van der Waals surface area contributed by atoms with Crippen molar-refractivity contribution in [2.24, 2.45) is 0 Å². The van der Waals surface area contributed by atoms with Gasteiger partial charge in [-0.05, 0) is 69.6 Å². The van der Waals surface area contributed by atoms with Crippen LogP contribution in [0.1, 0.15) is 27.7 Å². The van der Waals surface area contributed by atoms with Gasteiger partial charge >= 0.3 is 7.12 Å². The van der Waals surface area contributed by atoms with E-state index in [1.807, 2.05) is 39.8 Å². The Kier molecular flexibility index (Phi) is 5.25. The second kappa shape index (κ2) is 7.10. The first-order chi connectivity index (χ1) is 12.9. The molecule has 2 aromatic carbocycles. The quantitative estimate of drug-likeness (QED) is 0.713. The van der Waals surface area contributed by atoms with Gasteiger partial charge in [0.05, 0.1) is 23.2 Å². The average Bonchev–Trinajstić information content (AvgIpc) is 2.82. The lowest BCUT2D eigenvalue weighted by Crippen LogP contribution is -2.41. The maximum atomic E-state index is 11.6. The summed E-state index contributed by atoms with van der Waals surface area (Å²) in [6.07, 6.45) is 1.17. The summed E-state index contributed by atoms with van der Waals surface area (Å²) in [7, 11) is -2.22.